The van der Waals surface area contributed by atoms with Crippen molar-refractivity contribution >= 4 is 29.4 Å². The average molecular weight is 523 g/mol. The number of amides is 2. The number of hydrogen-bond acceptors (Lipinski definition) is 4. The number of benzene rings is 2. The molecule has 2 heterocycles. The molecular formula is C26H26ClF3N2O4. The molecule has 0 radical (unpaired) electrons. The number of nitrogens with zero attached hydrogens (tertiary/aromatic N) is 2. The van der Waals surface area contributed by atoms with Gasteiger partial charge >= 0.3 is 12.1 Å². The third kappa shape index (κ3) is 5.21. The molecule has 2 aromatic rings. The lowest BCUT2D eigenvalue weighted by Crippen LogP contribution is -2.42. The Bertz CT molecular complexity index is 1150. The second-order valence-electron chi connectivity index (χ2n) is 9.31. The fourth-order valence-electron chi connectivity index (χ4n) is 5.18. The van der Waals surface area contributed by atoms with E-state index in [1.807, 2.05) is 0 Å². The molecule has 2 amide bonds. The fraction of sp³-hybridized carbons (Fsp3) is 0.423. The molecule has 2 aromatic carbocycles. The number of hydrogen-bond donors (Lipinski definition) is 0. The van der Waals surface area contributed by atoms with Gasteiger partial charge in [-0.1, -0.05) is 35.9 Å². The first-order valence-electron chi connectivity index (χ1n) is 11.6. The second kappa shape index (κ2) is 10.1. The Kier molecular flexibility index (Phi) is 7.31. The van der Waals surface area contributed by atoms with Crippen molar-refractivity contribution in [3.8, 4) is 0 Å². The lowest BCUT2D eigenvalue weighted by molar-refractivity contribution is -0.153. The fourth-order valence-corrected chi connectivity index (χ4v) is 5.38. The summed E-state index contributed by atoms with van der Waals surface area (Å²) >= 11 is 6.12. The van der Waals surface area contributed by atoms with Crippen LogP contribution in [0.1, 0.15) is 48.0 Å². The van der Waals surface area contributed by atoms with Crippen molar-refractivity contribution in [2.45, 2.75) is 37.5 Å². The van der Waals surface area contributed by atoms with Gasteiger partial charge in [0.25, 0.3) is 0 Å². The minimum Gasteiger partial charge on any atom is -0.465 e. The molecule has 0 aliphatic carbocycles. The Morgan fingerprint density at radius 2 is 1.67 bits per heavy atom. The molecule has 36 heavy (non-hydrogen) atoms. The average Bonchev–Trinajstić information content (AvgIpc) is 3.13. The number of carbonyl (C=O) groups excluding carboxylic acids is 3. The van der Waals surface area contributed by atoms with Gasteiger partial charge in [0, 0.05) is 37.9 Å². The van der Waals surface area contributed by atoms with Gasteiger partial charge in [-0.05, 0) is 41.8 Å². The molecule has 6 nitrogen and oxygen atoms in total. The van der Waals surface area contributed by atoms with Gasteiger partial charge in [-0.15, -0.1) is 0 Å². The first-order valence-corrected chi connectivity index (χ1v) is 12.0. The summed E-state index contributed by atoms with van der Waals surface area (Å²) in [6.45, 7) is -0.0290. The number of rotatable bonds is 5. The Morgan fingerprint density at radius 3 is 2.31 bits per heavy atom. The van der Waals surface area contributed by atoms with Gasteiger partial charge in [0.15, 0.2) is 0 Å². The summed E-state index contributed by atoms with van der Waals surface area (Å²) in [6.07, 6.45) is -3.81. The Morgan fingerprint density at radius 1 is 1.00 bits per heavy atom. The van der Waals surface area contributed by atoms with E-state index >= 15 is 0 Å². The van der Waals surface area contributed by atoms with Crippen LogP contribution in [-0.2, 0) is 25.3 Å². The van der Waals surface area contributed by atoms with Crippen molar-refractivity contribution in [2.24, 2.45) is 11.8 Å². The van der Waals surface area contributed by atoms with E-state index in [0.717, 1.165) is 17.7 Å². The van der Waals surface area contributed by atoms with E-state index in [2.05, 4.69) is 0 Å². The van der Waals surface area contributed by atoms with Gasteiger partial charge in [-0.2, -0.15) is 13.2 Å². The molecule has 0 saturated carbocycles. The van der Waals surface area contributed by atoms with E-state index in [-0.39, 0.29) is 37.2 Å². The van der Waals surface area contributed by atoms with Crippen molar-refractivity contribution in [3.05, 3.63) is 70.2 Å². The predicted molar refractivity (Wildman–Crippen MR) is 126 cm³/mol. The number of esters is 1. The Labute approximate surface area is 212 Å². The normalized spacial score (nSPS) is 24.8. The van der Waals surface area contributed by atoms with Crippen molar-refractivity contribution in [1.29, 1.82) is 0 Å². The predicted octanol–water partition coefficient (Wildman–Crippen LogP) is 5.03. The third-order valence-corrected chi connectivity index (χ3v) is 7.32. The molecular weight excluding hydrogens is 497 g/mol. The number of alkyl halides is 3. The lowest BCUT2D eigenvalue weighted by atomic mass is 9.85. The highest BCUT2D eigenvalue weighted by atomic mass is 35.5. The molecule has 4 atom stereocenters. The standard InChI is InChI=1S/C26H26ClF3N2O4/c1-31-21(33)11-8-17(23(31)15-6-9-18(10-7-15)26(28,29)30)14-36-25(35)20-13-22(34)32(2)24(20)16-4-3-5-19(27)12-16/h3-7,9-10,12,17,20,23-24H,8,11,13-14H2,1-2H3. The van der Waals surface area contributed by atoms with Crippen LogP contribution in [0.15, 0.2) is 48.5 Å². The van der Waals surface area contributed by atoms with Gasteiger partial charge in [0.05, 0.1) is 30.2 Å². The number of carbonyl (C=O) groups is 3. The molecule has 0 aromatic heterocycles. The number of ether oxygens (including phenoxy) is 1. The molecule has 4 rings (SSSR count). The summed E-state index contributed by atoms with van der Waals surface area (Å²) in [5.74, 6) is -1.90. The third-order valence-electron chi connectivity index (χ3n) is 7.08. The molecule has 0 spiro atoms. The van der Waals surface area contributed by atoms with Crippen LogP contribution in [0.3, 0.4) is 0 Å². The monoisotopic (exact) mass is 522 g/mol. The Hall–Kier alpha value is -3.07. The maximum atomic E-state index is 13.2. The maximum absolute atomic E-state index is 13.2. The van der Waals surface area contributed by atoms with E-state index in [1.54, 1.807) is 38.4 Å². The van der Waals surface area contributed by atoms with Gasteiger partial charge in [-0.25, -0.2) is 0 Å². The number of piperidine rings is 1. The molecule has 0 bridgehead atoms. The molecule has 2 saturated heterocycles. The first-order chi connectivity index (χ1) is 17.0. The number of likely N-dealkylation sites (tertiary alicyclic amines) is 2. The zero-order valence-electron chi connectivity index (χ0n) is 19.8. The SMILES string of the molecule is CN1C(=O)CCC(COC(=O)C2CC(=O)N(C)C2c2cccc(Cl)c2)C1c1ccc(C(F)(F)F)cc1. The van der Waals surface area contributed by atoms with E-state index in [0.29, 0.717) is 17.0 Å². The van der Waals surface area contributed by atoms with Crippen LogP contribution in [0, 0.1) is 11.8 Å². The smallest absolute Gasteiger partial charge is 0.416 e. The summed E-state index contributed by atoms with van der Waals surface area (Å²) in [6, 6.07) is 10.6. The van der Waals surface area contributed by atoms with Gasteiger partial charge in [0.1, 0.15) is 0 Å². The molecule has 0 N–H and O–H groups in total. The van der Waals surface area contributed by atoms with Gasteiger partial charge < -0.3 is 14.5 Å². The zero-order valence-corrected chi connectivity index (χ0v) is 20.6. The first kappa shape index (κ1) is 26.0. The van der Waals surface area contributed by atoms with Gasteiger partial charge in [0.2, 0.25) is 11.8 Å². The van der Waals surface area contributed by atoms with E-state index < -0.39 is 35.7 Å². The van der Waals surface area contributed by atoms with Crippen LogP contribution in [-0.4, -0.2) is 48.3 Å². The van der Waals surface area contributed by atoms with Gasteiger partial charge in [-0.3, -0.25) is 14.4 Å². The zero-order chi connectivity index (χ0) is 26.2. The molecule has 4 unspecified atom stereocenters. The van der Waals surface area contributed by atoms with Crippen molar-refractivity contribution in [1.82, 2.24) is 9.80 Å². The topological polar surface area (TPSA) is 66.9 Å². The molecule has 2 aliphatic heterocycles. The minimum atomic E-state index is -4.47. The summed E-state index contributed by atoms with van der Waals surface area (Å²) in [5.41, 5.74) is 0.483. The van der Waals surface area contributed by atoms with Crippen LogP contribution in [0.25, 0.3) is 0 Å². The summed E-state index contributed by atoms with van der Waals surface area (Å²) < 4.78 is 44.7. The van der Waals surface area contributed by atoms with E-state index in [9.17, 15) is 27.6 Å². The summed E-state index contributed by atoms with van der Waals surface area (Å²) in [5, 5.41) is 0.488. The van der Waals surface area contributed by atoms with Crippen LogP contribution >= 0.6 is 11.6 Å². The van der Waals surface area contributed by atoms with Crippen molar-refractivity contribution in [2.75, 3.05) is 20.7 Å². The Balaban J connectivity index is 1.51. The van der Waals surface area contributed by atoms with Crippen LogP contribution in [0.2, 0.25) is 5.02 Å². The largest absolute Gasteiger partial charge is 0.465 e. The van der Waals surface area contributed by atoms with Crippen molar-refractivity contribution in [3.63, 3.8) is 0 Å². The van der Waals surface area contributed by atoms with Crippen LogP contribution < -0.4 is 0 Å². The minimum absolute atomic E-state index is 0.00208. The van der Waals surface area contributed by atoms with Crippen molar-refractivity contribution < 1.29 is 32.3 Å². The second-order valence-corrected chi connectivity index (χ2v) is 9.75. The van der Waals surface area contributed by atoms with E-state index in [1.165, 1.54) is 21.9 Å². The van der Waals surface area contributed by atoms with E-state index in [4.69, 9.17) is 16.3 Å². The lowest BCUT2D eigenvalue weighted by Gasteiger charge is -2.39. The molecule has 2 fully saturated rings. The highest BCUT2D eigenvalue weighted by molar-refractivity contribution is 6.30. The quantitative estimate of drug-likeness (QED) is 0.517. The van der Waals surface area contributed by atoms with Crippen LogP contribution in [0.4, 0.5) is 13.2 Å². The number of halogens is 4. The molecule has 192 valence electrons. The van der Waals surface area contributed by atoms with Crippen LogP contribution in [0.5, 0.6) is 0 Å². The molecule has 2 aliphatic rings. The highest BCUT2D eigenvalue weighted by Gasteiger charge is 2.44. The maximum Gasteiger partial charge on any atom is 0.416 e. The summed E-state index contributed by atoms with van der Waals surface area (Å²) in [7, 11) is 3.22. The summed E-state index contributed by atoms with van der Waals surface area (Å²) in [4.78, 5) is 41.0. The molecule has 10 heteroatoms. The highest BCUT2D eigenvalue weighted by Crippen LogP contribution is 2.40.